The molecule has 0 aliphatic carbocycles. The molecule has 118 valence electrons. The van der Waals surface area contributed by atoms with E-state index in [1.165, 1.54) is 23.9 Å². The summed E-state index contributed by atoms with van der Waals surface area (Å²) in [4.78, 5) is 23.8. The average molecular weight is 297 g/mol. The first-order valence-electron chi connectivity index (χ1n) is 6.98. The number of rotatable bonds is 8. The fraction of sp³-hybridized carbons (Fsp3) is 0.643. The Morgan fingerprint density at radius 3 is 2.76 bits per heavy atom. The molecule has 0 aliphatic rings. The van der Waals surface area contributed by atoms with Crippen LogP contribution in [0.3, 0.4) is 0 Å². The lowest BCUT2D eigenvalue weighted by Crippen LogP contribution is -2.40. The van der Waals surface area contributed by atoms with Crippen molar-refractivity contribution in [3.05, 3.63) is 28.2 Å². The number of aliphatic hydroxyl groups is 1. The molecule has 1 aromatic rings. The van der Waals surface area contributed by atoms with E-state index in [0.29, 0.717) is 19.6 Å². The number of hydrogen-bond acceptors (Lipinski definition) is 5. The Morgan fingerprint density at radius 2 is 2.19 bits per heavy atom. The zero-order valence-electron chi connectivity index (χ0n) is 12.7. The van der Waals surface area contributed by atoms with Crippen LogP contribution >= 0.6 is 0 Å². The molecule has 1 atom stereocenters. The van der Waals surface area contributed by atoms with E-state index in [2.05, 4.69) is 10.4 Å². The van der Waals surface area contributed by atoms with Gasteiger partial charge in [0.25, 0.3) is 11.5 Å². The van der Waals surface area contributed by atoms with E-state index in [4.69, 9.17) is 9.84 Å². The van der Waals surface area contributed by atoms with Crippen molar-refractivity contribution in [2.24, 2.45) is 5.92 Å². The number of aliphatic hydroxyl groups excluding tert-OH is 1. The molecule has 1 aromatic heterocycles. The monoisotopic (exact) mass is 297 g/mol. The first-order valence-corrected chi connectivity index (χ1v) is 6.98. The van der Waals surface area contributed by atoms with Crippen LogP contribution in [0.4, 0.5) is 0 Å². The highest BCUT2D eigenvalue weighted by atomic mass is 16.5. The van der Waals surface area contributed by atoms with Crippen LogP contribution < -0.4 is 10.9 Å². The number of carbonyl (C=O) groups excluding carboxylic acids is 1. The fourth-order valence-corrected chi connectivity index (χ4v) is 1.86. The summed E-state index contributed by atoms with van der Waals surface area (Å²) in [5.41, 5.74) is -0.103. The van der Waals surface area contributed by atoms with E-state index in [-0.39, 0.29) is 35.7 Å². The van der Waals surface area contributed by atoms with E-state index < -0.39 is 0 Å². The van der Waals surface area contributed by atoms with Gasteiger partial charge in [-0.1, -0.05) is 13.8 Å². The number of nitrogens with zero attached hydrogens (tertiary/aromatic N) is 2. The number of methoxy groups -OCH3 is 1. The molecule has 2 N–H and O–H groups in total. The summed E-state index contributed by atoms with van der Waals surface area (Å²) in [7, 11) is 1.53. The minimum atomic E-state index is -0.353. The zero-order valence-corrected chi connectivity index (χ0v) is 12.7. The minimum Gasteiger partial charge on any atom is -0.396 e. The lowest BCUT2D eigenvalue weighted by molar-refractivity contribution is 0.0908. The standard InChI is InChI=1S/C14H23N3O4/c1-10(2)11(6-8-18)15-14(20)12-4-5-13(19)17(16-12)7-9-21-3/h4-5,10-11,18H,6-9H2,1-3H3,(H,15,20). The summed E-state index contributed by atoms with van der Waals surface area (Å²) in [6.07, 6.45) is 0.479. The van der Waals surface area contributed by atoms with Gasteiger partial charge < -0.3 is 15.2 Å². The molecule has 0 aromatic carbocycles. The molecular weight excluding hydrogens is 274 g/mol. The second-order valence-electron chi connectivity index (χ2n) is 5.11. The molecule has 0 radical (unpaired) electrons. The van der Waals surface area contributed by atoms with E-state index in [1.807, 2.05) is 13.8 Å². The third kappa shape index (κ3) is 5.28. The van der Waals surface area contributed by atoms with Gasteiger partial charge in [0.2, 0.25) is 0 Å². The third-order valence-corrected chi connectivity index (χ3v) is 3.17. The van der Waals surface area contributed by atoms with Gasteiger partial charge in [0.05, 0.1) is 13.2 Å². The number of carbonyl (C=O) groups is 1. The molecule has 7 heteroatoms. The van der Waals surface area contributed by atoms with Crippen molar-refractivity contribution in [3.63, 3.8) is 0 Å². The largest absolute Gasteiger partial charge is 0.396 e. The Morgan fingerprint density at radius 1 is 1.48 bits per heavy atom. The van der Waals surface area contributed by atoms with Crippen LogP contribution in [-0.4, -0.2) is 47.2 Å². The molecule has 1 amide bonds. The predicted molar refractivity (Wildman–Crippen MR) is 78.2 cm³/mol. The number of aromatic nitrogens is 2. The fourth-order valence-electron chi connectivity index (χ4n) is 1.86. The van der Waals surface area contributed by atoms with E-state index >= 15 is 0 Å². The van der Waals surface area contributed by atoms with Crippen LogP contribution in [0.25, 0.3) is 0 Å². The van der Waals surface area contributed by atoms with E-state index in [0.717, 1.165) is 0 Å². The summed E-state index contributed by atoms with van der Waals surface area (Å²) in [6, 6.07) is 2.58. The Bertz CT molecular complexity index is 513. The molecule has 1 rings (SSSR count). The van der Waals surface area contributed by atoms with Crippen molar-refractivity contribution in [3.8, 4) is 0 Å². The van der Waals surface area contributed by atoms with Crippen LogP contribution in [0, 0.1) is 5.92 Å². The van der Waals surface area contributed by atoms with Gasteiger partial charge in [-0.2, -0.15) is 5.10 Å². The molecule has 0 aliphatic heterocycles. The quantitative estimate of drug-likeness (QED) is 0.706. The summed E-state index contributed by atoms with van der Waals surface area (Å²) < 4.78 is 6.10. The van der Waals surface area contributed by atoms with Crippen LogP contribution in [0.15, 0.2) is 16.9 Å². The van der Waals surface area contributed by atoms with Crippen molar-refractivity contribution in [1.29, 1.82) is 0 Å². The van der Waals surface area contributed by atoms with Crippen molar-refractivity contribution in [2.45, 2.75) is 32.9 Å². The maximum absolute atomic E-state index is 12.2. The van der Waals surface area contributed by atoms with E-state index in [1.54, 1.807) is 0 Å². The summed E-state index contributed by atoms with van der Waals surface area (Å²) in [6.45, 7) is 4.57. The van der Waals surface area contributed by atoms with Gasteiger partial charge in [-0.25, -0.2) is 4.68 Å². The van der Waals surface area contributed by atoms with Crippen LogP contribution in [0.2, 0.25) is 0 Å². The Kier molecular flexibility index (Phi) is 7.04. The van der Waals surface area contributed by atoms with Gasteiger partial charge in [0.1, 0.15) is 5.69 Å². The van der Waals surface area contributed by atoms with Crippen molar-refractivity contribution in [1.82, 2.24) is 15.1 Å². The van der Waals surface area contributed by atoms with Crippen LogP contribution in [0.5, 0.6) is 0 Å². The number of ether oxygens (including phenoxy) is 1. The molecule has 0 saturated heterocycles. The van der Waals surface area contributed by atoms with Gasteiger partial charge in [-0.3, -0.25) is 9.59 Å². The highest BCUT2D eigenvalue weighted by Gasteiger charge is 2.18. The number of amides is 1. The average Bonchev–Trinajstić information content (AvgIpc) is 2.45. The van der Waals surface area contributed by atoms with Crippen LogP contribution in [-0.2, 0) is 11.3 Å². The number of nitrogens with one attached hydrogen (secondary N) is 1. The van der Waals surface area contributed by atoms with Gasteiger partial charge in [-0.05, 0) is 18.4 Å². The third-order valence-electron chi connectivity index (χ3n) is 3.17. The van der Waals surface area contributed by atoms with Crippen molar-refractivity contribution < 1.29 is 14.6 Å². The molecule has 1 unspecified atom stereocenters. The molecule has 21 heavy (non-hydrogen) atoms. The first-order chi connectivity index (χ1) is 9.99. The molecule has 0 fully saturated rings. The highest BCUT2D eigenvalue weighted by molar-refractivity contribution is 5.92. The second-order valence-corrected chi connectivity index (χ2v) is 5.11. The number of hydrogen-bond donors (Lipinski definition) is 2. The lowest BCUT2D eigenvalue weighted by atomic mass is 10.0. The minimum absolute atomic E-state index is 0.00386. The second kappa shape index (κ2) is 8.53. The Hall–Kier alpha value is -1.73. The van der Waals surface area contributed by atoms with Crippen molar-refractivity contribution >= 4 is 5.91 Å². The van der Waals surface area contributed by atoms with Crippen molar-refractivity contribution in [2.75, 3.05) is 20.3 Å². The molecule has 1 heterocycles. The molecular formula is C14H23N3O4. The van der Waals surface area contributed by atoms with Gasteiger partial charge in [0, 0.05) is 25.8 Å². The highest BCUT2D eigenvalue weighted by Crippen LogP contribution is 2.06. The molecule has 7 nitrogen and oxygen atoms in total. The summed E-state index contributed by atoms with van der Waals surface area (Å²) in [5, 5.41) is 15.9. The normalized spacial score (nSPS) is 12.4. The summed E-state index contributed by atoms with van der Waals surface area (Å²) >= 11 is 0. The summed E-state index contributed by atoms with van der Waals surface area (Å²) in [5.74, 6) is -0.159. The smallest absolute Gasteiger partial charge is 0.271 e. The molecule has 0 saturated carbocycles. The maximum atomic E-state index is 12.2. The van der Waals surface area contributed by atoms with Gasteiger partial charge >= 0.3 is 0 Å². The van der Waals surface area contributed by atoms with Crippen LogP contribution in [0.1, 0.15) is 30.8 Å². The zero-order chi connectivity index (χ0) is 15.8. The maximum Gasteiger partial charge on any atom is 0.271 e. The molecule has 0 spiro atoms. The van der Waals surface area contributed by atoms with Gasteiger partial charge in [0.15, 0.2) is 0 Å². The lowest BCUT2D eigenvalue weighted by Gasteiger charge is -2.21. The SMILES string of the molecule is COCCn1nc(C(=O)NC(CCO)C(C)C)ccc1=O. The Labute approximate surface area is 123 Å². The predicted octanol–water partition coefficient (Wildman–Crippen LogP) is 0.0265. The molecule has 0 bridgehead atoms. The topological polar surface area (TPSA) is 93.5 Å². The Balaban J connectivity index is 2.84. The van der Waals surface area contributed by atoms with Gasteiger partial charge in [-0.15, -0.1) is 0 Å². The van der Waals surface area contributed by atoms with E-state index in [9.17, 15) is 9.59 Å². The first kappa shape index (κ1) is 17.3.